The molecule has 1 atom stereocenters. The van der Waals surface area contributed by atoms with Crippen LogP contribution in [0.5, 0.6) is 5.75 Å². The molecule has 4 rings (SSSR count). The van der Waals surface area contributed by atoms with Gasteiger partial charge in [-0.05, 0) is 36.8 Å². The SMILES string of the molecule is Cc1cc(Nc2nc([C@H](O)c3ccc(F)cc3)nc3cc(OCCO)ccc23)n[nH]1. The van der Waals surface area contributed by atoms with E-state index in [0.717, 1.165) is 5.69 Å². The number of nitrogens with one attached hydrogen (secondary N) is 2. The van der Waals surface area contributed by atoms with Crippen LogP contribution in [0.3, 0.4) is 0 Å². The van der Waals surface area contributed by atoms with Gasteiger partial charge < -0.3 is 20.3 Å². The molecule has 0 spiro atoms. The van der Waals surface area contributed by atoms with Gasteiger partial charge >= 0.3 is 0 Å². The molecule has 2 heterocycles. The van der Waals surface area contributed by atoms with E-state index in [1.54, 1.807) is 18.2 Å². The maximum absolute atomic E-state index is 13.3. The van der Waals surface area contributed by atoms with Crippen molar-refractivity contribution in [3.05, 3.63) is 71.4 Å². The van der Waals surface area contributed by atoms with Crippen molar-refractivity contribution < 1.29 is 19.3 Å². The van der Waals surface area contributed by atoms with Crippen LogP contribution in [-0.4, -0.2) is 43.6 Å². The molecule has 0 amide bonds. The Morgan fingerprint density at radius 1 is 1.13 bits per heavy atom. The Hall–Kier alpha value is -3.56. The number of ether oxygens (including phenoxy) is 1. The van der Waals surface area contributed by atoms with Crippen molar-refractivity contribution in [2.45, 2.75) is 13.0 Å². The number of fused-ring (bicyclic) bond motifs is 1. The van der Waals surface area contributed by atoms with E-state index in [9.17, 15) is 9.50 Å². The zero-order valence-electron chi connectivity index (χ0n) is 16.1. The third-order valence-corrected chi connectivity index (χ3v) is 4.43. The summed E-state index contributed by atoms with van der Waals surface area (Å²) in [5.41, 5.74) is 1.87. The highest BCUT2D eigenvalue weighted by atomic mass is 19.1. The van der Waals surface area contributed by atoms with Crippen molar-refractivity contribution >= 4 is 22.5 Å². The van der Waals surface area contributed by atoms with Crippen LogP contribution in [0.15, 0.2) is 48.5 Å². The van der Waals surface area contributed by atoms with Crippen LogP contribution in [0.25, 0.3) is 10.9 Å². The van der Waals surface area contributed by atoms with Gasteiger partial charge in [0.15, 0.2) is 11.6 Å². The lowest BCUT2D eigenvalue weighted by Gasteiger charge is -2.14. The highest BCUT2D eigenvalue weighted by molar-refractivity contribution is 5.91. The van der Waals surface area contributed by atoms with Crippen LogP contribution < -0.4 is 10.1 Å². The van der Waals surface area contributed by atoms with Crippen LogP contribution in [0.1, 0.15) is 23.2 Å². The third-order valence-electron chi connectivity index (χ3n) is 4.43. The summed E-state index contributed by atoms with van der Waals surface area (Å²) in [4.78, 5) is 8.98. The molecule has 2 aromatic carbocycles. The first-order valence-corrected chi connectivity index (χ1v) is 9.31. The number of benzene rings is 2. The molecule has 0 aliphatic heterocycles. The first-order valence-electron chi connectivity index (χ1n) is 9.31. The fraction of sp³-hybridized carbons (Fsp3) is 0.190. The molecule has 0 radical (unpaired) electrons. The number of H-pyrrole nitrogens is 1. The lowest BCUT2D eigenvalue weighted by Crippen LogP contribution is -2.09. The number of halogens is 1. The van der Waals surface area contributed by atoms with Gasteiger partial charge in [-0.25, -0.2) is 14.4 Å². The zero-order chi connectivity index (χ0) is 21.1. The average Bonchev–Trinajstić information content (AvgIpc) is 3.16. The number of aryl methyl sites for hydroxylation is 1. The summed E-state index contributed by atoms with van der Waals surface area (Å²) in [7, 11) is 0. The van der Waals surface area contributed by atoms with Crippen LogP contribution in [0.2, 0.25) is 0 Å². The van der Waals surface area contributed by atoms with Gasteiger partial charge in [-0.3, -0.25) is 5.10 Å². The van der Waals surface area contributed by atoms with E-state index >= 15 is 0 Å². The molecule has 0 saturated carbocycles. The topological polar surface area (TPSA) is 116 Å². The summed E-state index contributed by atoms with van der Waals surface area (Å²) in [5.74, 6) is 1.29. The fourth-order valence-corrected chi connectivity index (χ4v) is 3.00. The Morgan fingerprint density at radius 2 is 1.93 bits per heavy atom. The summed E-state index contributed by atoms with van der Waals surface area (Å²) in [6.07, 6.45) is -1.15. The first-order chi connectivity index (χ1) is 14.5. The van der Waals surface area contributed by atoms with Crippen LogP contribution in [0.4, 0.5) is 16.0 Å². The molecule has 8 nitrogen and oxygen atoms in total. The molecule has 2 aromatic heterocycles. The van der Waals surface area contributed by atoms with Gasteiger partial charge in [0, 0.05) is 23.2 Å². The minimum atomic E-state index is -1.15. The number of nitrogens with zero attached hydrogens (tertiary/aromatic N) is 3. The number of anilines is 2. The monoisotopic (exact) mass is 409 g/mol. The second-order valence-corrected chi connectivity index (χ2v) is 6.70. The van der Waals surface area contributed by atoms with Crippen LogP contribution >= 0.6 is 0 Å². The summed E-state index contributed by atoms with van der Waals surface area (Å²) in [6.45, 7) is 1.92. The number of hydrogen-bond donors (Lipinski definition) is 4. The molecule has 154 valence electrons. The van der Waals surface area contributed by atoms with Gasteiger partial charge in [0.25, 0.3) is 0 Å². The molecule has 0 saturated heterocycles. The van der Waals surface area contributed by atoms with Crippen molar-refractivity contribution in [2.24, 2.45) is 0 Å². The largest absolute Gasteiger partial charge is 0.491 e. The second kappa shape index (κ2) is 8.44. The summed E-state index contributed by atoms with van der Waals surface area (Å²) < 4.78 is 18.7. The maximum Gasteiger partial charge on any atom is 0.164 e. The molecule has 4 N–H and O–H groups in total. The molecule has 0 bridgehead atoms. The van der Waals surface area contributed by atoms with Crippen LogP contribution in [-0.2, 0) is 0 Å². The molecule has 0 fully saturated rings. The summed E-state index contributed by atoms with van der Waals surface area (Å²) in [5, 5.41) is 30.6. The van der Waals surface area contributed by atoms with Gasteiger partial charge in [-0.15, -0.1) is 0 Å². The molecule has 0 aliphatic carbocycles. The summed E-state index contributed by atoms with van der Waals surface area (Å²) in [6, 6.07) is 12.6. The Labute approximate surface area is 171 Å². The van der Waals surface area contributed by atoms with E-state index in [0.29, 0.717) is 33.9 Å². The smallest absolute Gasteiger partial charge is 0.164 e. The Bertz CT molecular complexity index is 1160. The quantitative estimate of drug-likeness (QED) is 0.371. The number of aliphatic hydroxyl groups is 2. The second-order valence-electron chi connectivity index (χ2n) is 6.70. The number of aromatic amines is 1. The molecule has 4 aromatic rings. The van der Waals surface area contributed by atoms with Crippen LogP contribution in [0, 0.1) is 12.7 Å². The average molecular weight is 409 g/mol. The van der Waals surface area contributed by atoms with Crippen molar-refractivity contribution in [1.29, 1.82) is 0 Å². The molecular formula is C21H20FN5O3. The van der Waals surface area contributed by atoms with Gasteiger partial charge in [-0.2, -0.15) is 5.10 Å². The van der Waals surface area contributed by atoms with Gasteiger partial charge in [0.1, 0.15) is 30.1 Å². The van der Waals surface area contributed by atoms with Crippen molar-refractivity contribution in [3.8, 4) is 5.75 Å². The van der Waals surface area contributed by atoms with Gasteiger partial charge in [0.2, 0.25) is 0 Å². The zero-order valence-corrected chi connectivity index (χ0v) is 16.1. The lowest BCUT2D eigenvalue weighted by atomic mass is 10.1. The Kier molecular flexibility index (Phi) is 5.55. The standard InChI is InChI=1S/C21H20FN5O3/c1-12-10-18(27-26-12)24-20-16-7-6-15(30-9-8-28)11-17(16)23-21(25-20)19(29)13-2-4-14(22)5-3-13/h2-7,10-11,19,28-29H,8-9H2,1H3,(H2,23,24,25,26,27)/t19-/m1/s1. The van der Waals surface area contributed by atoms with Gasteiger partial charge in [-0.1, -0.05) is 12.1 Å². The predicted octanol–water partition coefficient (Wildman–Crippen LogP) is 3.00. The van der Waals surface area contributed by atoms with Crippen molar-refractivity contribution in [2.75, 3.05) is 18.5 Å². The number of hydrogen-bond acceptors (Lipinski definition) is 7. The normalized spacial score (nSPS) is 12.1. The summed E-state index contributed by atoms with van der Waals surface area (Å²) >= 11 is 0. The molecule has 9 heteroatoms. The molecule has 30 heavy (non-hydrogen) atoms. The molecule has 0 unspecified atom stereocenters. The minimum Gasteiger partial charge on any atom is -0.491 e. The molecule has 0 aliphatic rings. The van der Waals surface area contributed by atoms with E-state index in [2.05, 4.69) is 25.5 Å². The lowest BCUT2D eigenvalue weighted by molar-refractivity contribution is 0.201. The maximum atomic E-state index is 13.3. The van der Waals surface area contributed by atoms with Gasteiger partial charge in [0.05, 0.1) is 12.1 Å². The van der Waals surface area contributed by atoms with Crippen molar-refractivity contribution in [3.63, 3.8) is 0 Å². The number of rotatable bonds is 7. The van der Waals surface area contributed by atoms with E-state index in [-0.39, 0.29) is 19.0 Å². The predicted molar refractivity (Wildman–Crippen MR) is 109 cm³/mol. The fourth-order valence-electron chi connectivity index (χ4n) is 3.00. The third kappa shape index (κ3) is 4.22. The Balaban J connectivity index is 1.79. The van der Waals surface area contributed by atoms with E-state index in [1.807, 2.05) is 13.0 Å². The number of aromatic nitrogens is 4. The highest BCUT2D eigenvalue weighted by Gasteiger charge is 2.18. The van der Waals surface area contributed by atoms with Crippen molar-refractivity contribution in [1.82, 2.24) is 20.2 Å². The van der Waals surface area contributed by atoms with E-state index in [4.69, 9.17) is 9.84 Å². The van der Waals surface area contributed by atoms with E-state index in [1.165, 1.54) is 24.3 Å². The molecular weight excluding hydrogens is 389 g/mol. The first kappa shape index (κ1) is 19.7. The van der Waals surface area contributed by atoms with E-state index < -0.39 is 11.9 Å². The highest BCUT2D eigenvalue weighted by Crippen LogP contribution is 2.30. The minimum absolute atomic E-state index is 0.109. The Morgan fingerprint density at radius 3 is 2.63 bits per heavy atom. The number of aliphatic hydroxyl groups excluding tert-OH is 2.